The molecule has 2 aromatic heterocycles. The lowest BCUT2D eigenvalue weighted by atomic mass is 10.2. The average Bonchev–Trinajstić information content (AvgIpc) is 2.97. The van der Waals surface area contributed by atoms with Crippen LogP contribution in [0, 0.1) is 0 Å². The highest BCUT2D eigenvalue weighted by molar-refractivity contribution is 5.99. The Morgan fingerprint density at radius 3 is 3.00 bits per heavy atom. The van der Waals surface area contributed by atoms with Crippen LogP contribution in [0.3, 0.4) is 0 Å². The van der Waals surface area contributed by atoms with Crippen molar-refractivity contribution in [1.29, 1.82) is 0 Å². The molecule has 5 nitrogen and oxygen atoms in total. The monoisotopic (exact) mass is 281 g/mol. The summed E-state index contributed by atoms with van der Waals surface area (Å²) >= 11 is 0. The number of nitrogens with zero attached hydrogens (tertiary/aromatic N) is 1. The minimum absolute atomic E-state index is 0.155. The number of fused-ring (bicyclic) bond motifs is 1. The van der Waals surface area contributed by atoms with E-state index in [0.717, 1.165) is 22.2 Å². The molecule has 0 spiro atoms. The molecule has 0 saturated carbocycles. The third-order valence-electron chi connectivity index (χ3n) is 3.26. The van der Waals surface area contributed by atoms with Gasteiger partial charge in [-0.1, -0.05) is 18.2 Å². The van der Waals surface area contributed by atoms with E-state index in [0.29, 0.717) is 12.2 Å². The number of ether oxygens (including phenoxy) is 1. The first-order valence-corrected chi connectivity index (χ1v) is 6.61. The Morgan fingerprint density at radius 2 is 2.24 bits per heavy atom. The van der Waals surface area contributed by atoms with Crippen LogP contribution in [0.4, 0.5) is 0 Å². The molecule has 0 fully saturated rings. The predicted molar refractivity (Wildman–Crippen MR) is 80.3 cm³/mol. The predicted octanol–water partition coefficient (Wildman–Crippen LogP) is 2.50. The number of rotatable bonds is 4. The largest absolute Gasteiger partial charge is 0.495 e. The van der Waals surface area contributed by atoms with Crippen molar-refractivity contribution < 1.29 is 9.53 Å². The smallest absolute Gasteiger partial charge is 0.267 e. The summed E-state index contributed by atoms with van der Waals surface area (Å²) in [4.78, 5) is 19.3. The SMILES string of the molecule is COc1cccc2cc(C(=O)NCc3cccnc3)[nH]c12. The second-order valence-corrected chi connectivity index (χ2v) is 4.65. The molecule has 0 bridgehead atoms. The van der Waals surface area contributed by atoms with Gasteiger partial charge in [-0.15, -0.1) is 0 Å². The number of aromatic nitrogens is 2. The maximum absolute atomic E-state index is 12.2. The van der Waals surface area contributed by atoms with E-state index in [1.807, 2.05) is 36.4 Å². The summed E-state index contributed by atoms with van der Waals surface area (Å²) in [7, 11) is 1.61. The van der Waals surface area contributed by atoms with Crippen LogP contribution in [-0.4, -0.2) is 23.0 Å². The Kier molecular flexibility index (Phi) is 3.55. The normalized spacial score (nSPS) is 10.5. The summed E-state index contributed by atoms with van der Waals surface area (Å²) in [6.07, 6.45) is 3.43. The standard InChI is InChI=1S/C16H15N3O2/c1-21-14-6-2-5-12-8-13(19-15(12)14)16(20)18-10-11-4-3-7-17-9-11/h2-9,19H,10H2,1H3,(H,18,20). The van der Waals surface area contributed by atoms with Gasteiger partial charge >= 0.3 is 0 Å². The van der Waals surface area contributed by atoms with Gasteiger partial charge in [0, 0.05) is 24.3 Å². The topological polar surface area (TPSA) is 67.0 Å². The lowest BCUT2D eigenvalue weighted by Crippen LogP contribution is -2.23. The lowest BCUT2D eigenvalue weighted by molar-refractivity contribution is 0.0946. The molecule has 0 saturated heterocycles. The molecule has 3 rings (SSSR count). The maximum atomic E-state index is 12.2. The quantitative estimate of drug-likeness (QED) is 0.772. The molecule has 5 heteroatoms. The zero-order valence-electron chi connectivity index (χ0n) is 11.6. The third kappa shape index (κ3) is 2.72. The van der Waals surface area contributed by atoms with Gasteiger partial charge in [-0.2, -0.15) is 0 Å². The molecule has 0 radical (unpaired) electrons. The van der Waals surface area contributed by atoms with Gasteiger partial charge in [-0.25, -0.2) is 0 Å². The molecule has 21 heavy (non-hydrogen) atoms. The van der Waals surface area contributed by atoms with E-state index in [9.17, 15) is 4.79 Å². The number of aromatic amines is 1. The molecule has 0 aliphatic rings. The Balaban J connectivity index is 1.79. The molecule has 2 N–H and O–H groups in total. The van der Waals surface area contributed by atoms with Crippen LogP contribution in [0.15, 0.2) is 48.8 Å². The van der Waals surface area contributed by atoms with Gasteiger partial charge in [0.25, 0.3) is 5.91 Å². The first kappa shape index (κ1) is 13.2. The summed E-state index contributed by atoms with van der Waals surface area (Å²) in [6, 6.07) is 11.3. The van der Waals surface area contributed by atoms with Crippen molar-refractivity contribution in [2.75, 3.05) is 7.11 Å². The van der Waals surface area contributed by atoms with Crippen molar-refractivity contribution in [3.05, 3.63) is 60.0 Å². The Morgan fingerprint density at radius 1 is 1.33 bits per heavy atom. The second kappa shape index (κ2) is 5.66. The number of H-pyrrole nitrogens is 1. The summed E-state index contributed by atoms with van der Waals surface area (Å²) in [5.74, 6) is 0.566. The zero-order valence-corrected chi connectivity index (χ0v) is 11.6. The van der Waals surface area contributed by atoms with Gasteiger partial charge in [0.05, 0.1) is 12.6 Å². The number of benzene rings is 1. The van der Waals surface area contributed by atoms with E-state index in [4.69, 9.17) is 4.74 Å². The summed E-state index contributed by atoms with van der Waals surface area (Å²) < 4.78 is 5.28. The van der Waals surface area contributed by atoms with Crippen molar-refractivity contribution in [3.63, 3.8) is 0 Å². The first-order chi connectivity index (χ1) is 10.3. The van der Waals surface area contributed by atoms with Gasteiger partial charge in [0.1, 0.15) is 11.4 Å². The number of methoxy groups -OCH3 is 1. The van der Waals surface area contributed by atoms with Crippen molar-refractivity contribution in [2.24, 2.45) is 0 Å². The van der Waals surface area contributed by atoms with Crippen LogP contribution in [0.25, 0.3) is 10.9 Å². The fraction of sp³-hybridized carbons (Fsp3) is 0.125. The molecule has 1 aromatic carbocycles. The molecule has 0 aliphatic heterocycles. The van der Waals surface area contributed by atoms with Gasteiger partial charge in [-0.05, 0) is 23.8 Å². The summed E-state index contributed by atoms with van der Waals surface area (Å²) in [6.45, 7) is 0.444. The minimum atomic E-state index is -0.155. The number of pyridine rings is 1. The molecular formula is C16H15N3O2. The number of hydrogen-bond acceptors (Lipinski definition) is 3. The fourth-order valence-corrected chi connectivity index (χ4v) is 2.20. The third-order valence-corrected chi connectivity index (χ3v) is 3.26. The van der Waals surface area contributed by atoms with E-state index in [1.54, 1.807) is 19.5 Å². The van der Waals surface area contributed by atoms with Crippen molar-refractivity contribution >= 4 is 16.8 Å². The van der Waals surface area contributed by atoms with Gasteiger partial charge in [0.15, 0.2) is 0 Å². The number of hydrogen-bond donors (Lipinski definition) is 2. The Bertz CT molecular complexity index is 766. The van der Waals surface area contributed by atoms with Gasteiger partial charge < -0.3 is 15.0 Å². The number of amides is 1. The highest BCUT2D eigenvalue weighted by Gasteiger charge is 2.11. The zero-order chi connectivity index (χ0) is 14.7. The molecular weight excluding hydrogens is 266 g/mol. The van der Waals surface area contributed by atoms with Gasteiger partial charge in [0.2, 0.25) is 0 Å². The Hall–Kier alpha value is -2.82. The van der Waals surface area contributed by atoms with Crippen LogP contribution in [-0.2, 0) is 6.54 Å². The van der Waals surface area contributed by atoms with Crippen molar-refractivity contribution in [3.8, 4) is 5.75 Å². The van der Waals surface area contributed by atoms with E-state index in [1.165, 1.54) is 0 Å². The fourth-order valence-electron chi connectivity index (χ4n) is 2.20. The molecule has 0 unspecified atom stereocenters. The van der Waals surface area contributed by atoms with E-state index >= 15 is 0 Å². The average molecular weight is 281 g/mol. The molecule has 0 atom stereocenters. The van der Waals surface area contributed by atoms with Crippen LogP contribution in [0.1, 0.15) is 16.1 Å². The lowest BCUT2D eigenvalue weighted by Gasteiger charge is -2.03. The number of carbonyl (C=O) groups excluding carboxylic acids is 1. The highest BCUT2D eigenvalue weighted by Crippen LogP contribution is 2.25. The van der Waals surface area contributed by atoms with E-state index in [2.05, 4.69) is 15.3 Å². The van der Waals surface area contributed by atoms with Crippen LogP contribution >= 0.6 is 0 Å². The maximum Gasteiger partial charge on any atom is 0.267 e. The number of carbonyl (C=O) groups is 1. The van der Waals surface area contributed by atoms with Crippen LogP contribution < -0.4 is 10.1 Å². The molecule has 106 valence electrons. The number of para-hydroxylation sites is 1. The number of nitrogens with one attached hydrogen (secondary N) is 2. The highest BCUT2D eigenvalue weighted by atomic mass is 16.5. The molecule has 3 aromatic rings. The van der Waals surface area contributed by atoms with Crippen LogP contribution in [0.2, 0.25) is 0 Å². The van der Waals surface area contributed by atoms with Crippen LogP contribution in [0.5, 0.6) is 5.75 Å². The second-order valence-electron chi connectivity index (χ2n) is 4.65. The van der Waals surface area contributed by atoms with Gasteiger partial charge in [-0.3, -0.25) is 9.78 Å². The Labute approximate surface area is 122 Å². The van der Waals surface area contributed by atoms with Crippen molar-refractivity contribution in [1.82, 2.24) is 15.3 Å². The molecule has 0 aliphatic carbocycles. The molecule has 1 amide bonds. The van der Waals surface area contributed by atoms with E-state index < -0.39 is 0 Å². The van der Waals surface area contributed by atoms with Crippen molar-refractivity contribution in [2.45, 2.75) is 6.54 Å². The summed E-state index contributed by atoms with van der Waals surface area (Å²) in [5, 5.41) is 3.81. The summed E-state index contributed by atoms with van der Waals surface area (Å²) in [5.41, 5.74) is 2.30. The van der Waals surface area contributed by atoms with E-state index in [-0.39, 0.29) is 5.91 Å². The minimum Gasteiger partial charge on any atom is -0.495 e. The molecule has 2 heterocycles. The first-order valence-electron chi connectivity index (χ1n) is 6.61.